The quantitative estimate of drug-likeness (QED) is 0.672. The Balaban J connectivity index is 2.02. The topological polar surface area (TPSA) is 52.6 Å². The van der Waals surface area contributed by atoms with Gasteiger partial charge in [-0.3, -0.25) is 9.59 Å². The van der Waals surface area contributed by atoms with Crippen molar-refractivity contribution in [3.63, 3.8) is 0 Å². The molecule has 0 aromatic rings. The van der Waals surface area contributed by atoms with Crippen LogP contribution in [0.3, 0.4) is 0 Å². The van der Waals surface area contributed by atoms with Gasteiger partial charge in [-0.15, -0.1) is 0 Å². The Kier molecular flexibility index (Phi) is 2.66. The van der Waals surface area contributed by atoms with Gasteiger partial charge in [0, 0.05) is 11.3 Å². The van der Waals surface area contributed by atoms with Crippen molar-refractivity contribution in [2.24, 2.45) is 11.3 Å². The van der Waals surface area contributed by atoms with Gasteiger partial charge in [-0.05, 0) is 18.2 Å². The second-order valence-electron chi connectivity index (χ2n) is 4.95. The van der Waals surface area contributed by atoms with E-state index in [1.54, 1.807) is 13.2 Å². The number of fused-ring (bicyclic) bond motifs is 2. The summed E-state index contributed by atoms with van der Waals surface area (Å²) in [6, 6.07) is 0. The van der Waals surface area contributed by atoms with Crippen molar-refractivity contribution in [3.8, 4) is 0 Å². The molecule has 0 aromatic heterocycles. The van der Waals surface area contributed by atoms with Gasteiger partial charge < -0.3 is 9.47 Å². The van der Waals surface area contributed by atoms with E-state index in [4.69, 9.17) is 9.47 Å². The lowest BCUT2D eigenvalue weighted by Crippen LogP contribution is -2.47. The number of methoxy groups -OCH3 is 1. The SMILES string of the molecule is COC1=CC=CC2C1OC(=O)CC21C=CC(=O)C=C1. The highest BCUT2D eigenvalue weighted by Gasteiger charge is 2.49. The van der Waals surface area contributed by atoms with Crippen LogP contribution in [0.5, 0.6) is 0 Å². The summed E-state index contributed by atoms with van der Waals surface area (Å²) in [4.78, 5) is 23.2. The van der Waals surface area contributed by atoms with E-state index in [9.17, 15) is 9.59 Å². The molecule has 1 spiro atoms. The summed E-state index contributed by atoms with van der Waals surface area (Å²) in [5.41, 5.74) is -0.484. The molecule has 1 fully saturated rings. The van der Waals surface area contributed by atoms with Crippen molar-refractivity contribution in [1.29, 1.82) is 0 Å². The summed E-state index contributed by atoms with van der Waals surface area (Å²) >= 11 is 0. The Morgan fingerprint density at radius 2 is 2.05 bits per heavy atom. The van der Waals surface area contributed by atoms with E-state index >= 15 is 0 Å². The largest absolute Gasteiger partial charge is 0.497 e. The molecule has 98 valence electrons. The lowest BCUT2D eigenvalue weighted by Gasteiger charge is -2.44. The molecule has 0 N–H and O–H groups in total. The fraction of sp³-hybridized carbons (Fsp3) is 0.333. The lowest BCUT2D eigenvalue weighted by atomic mass is 9.65. The van der Waals surface area contributed by atoms with Crippen LogP contribution >= 0.6 is 0 Å². The number of carbonyl (C=O) groups excluding carboxylic acids is 2. The van der Waals surface area contributed by atoms with Crippen molar-refractivity contribution in [2.45, 2.75) is 12.5 Å². The number of hydrogen-bond donors (Lipinski definition) is 0. The highest BCUT2D eigenvalue weighted by Crippen LogP contribution is 2.47. The van der Waals surface area contributed by atoms with Crippen LogP contribution in [-0.4, -0.2) is 25.0 Å². The Bertz CT molecular complexity index is 534. The van der Waals surface area contributed by atoms with Crippen molar-refractivity contribution in [3.05, 3.63) is 48.3 Å². The number of allylic oxidation sites excluding steroid dienone is 6. The number of ketones is 1. The van der Waals surface area contributed by atoms with Crippen molar-refractivity contribution in [1.82, 2.24) is 0 Å². The fourth-order valence-electron chi connectivity index (χ4n) is 2.90. The van der Waals surface area contributed by atoms with E-state index in [2.05, 4.69) is 0 Å². The van der Waals surface area contributed by atoms with E-state index < -0.39 is 11.5 Å². The molecule has 2 unspecified atom stereocenters. The summed E-state index contributed by atoms with van der Waals surface area (Å²) < 4.78 is 10.7. The highest BCUT2D eigenvalue weighted by molar-refractivity contribution is 6.00. The minimum absolute atomic E-state index is 0.0363. The summed E-state index contributed by atoms with van der Waals surface area (Å²) in [6.07, 6.45) is 12.2. The molecule has 19 heavy (non-hydrogen) atoms. The van der Waals surface area contributed by atoms with Crippen LogP contribution in [0.15, 0.2) is 48.3 Å². The third kappa shape index (κ3) is 1.84. The van der Waals surface area contributed by atoms with Crippen LogP contribution < -0.4 is 0 Å². The van der Waals surface area contributed by atoms with Crippen LogP contribution in [-0.2, 0) is 19.1 Å². The van der Waals surface area contributed by atoms with Gasteiger partial charge in [0.2, 0.25) is 0 Å². The van der Waals surface area contributed by atoms with E-state index in [-0.39, 0.29) is 24.1 Å². The molecule has 0 saturated carbocycles. The molecular formula is C15H14O4. The standard InChI is InChI=1S/C15H14O4/c1-18-12-4-2-3-11-14(12)19-13(17)9-15(11)7-5-10(16)6-8-15/h2-8,11,14H,9H2,1H3. The first-order valence-electron chi connectivity index (χ1n) is 6.19. The lowest BCUT2D eigenvalue weighted by molar-refractivity contribution is -0.162. The fourth-order valence-corrected chi connectivity index (χ4v) is 2.90. The summed E-state index contributed by atoms with van der Waals surface area (Å²) in [7, 11) is 1.56. The van der Waals surface area contributed by atoms with Crippen LogP contribution in [0.4, 0.5) is 0 Å². The predicted molar refractivity (Wildman–Crippen MR) is 67.9 cm³/mol. The molecule has 4 nitrogen and oxygen atoms in total. The van der Waals surface area contributed by atoms with E-state index in [1.807, 2.05) is 24.3 Å². The summed E-state index contributed by atoms with van der Waals surface area (Å²) in [5.74, 6) is 0.274. The monoisotopic (exact) mass is 258 g/mol. The minimum atomic E-state index is -0.484. The van der Waals surface area contributed by atoms with Crippen molar-refractivity contribution >= 4 is 11.8 Å². The number of carbonyl (C=O) groups is 2. The van der Waals surface area contributed by atoms with Gasteiger partial charge in [-0.1, -0.05) is 24.3 Å². The minimum Gasteiger partial charge on any atom is -0.497 e. The smallest absolute Gasteiger partial charge is 0.307 e. The Labute approximate surface area is 111 Å². The second-order valence-corrected chi connectivity index (χ2v) is 4.95. The zero-order valence-electron chi connectivity index (χ0n) is 10.5. The number of hydrogen-bond acceptors (Lipinski definition) is 4. The Morgan fingerprint density at radius 3 is 2.74 bits per heavy atom. The maximum Gasteiger partial charge on any atom is 0.307 e. The van der Waals surface area contributed by atoms with Gasteiger partial charge in [0.1, 0.15) is 5.76 Å². The number of esters is 1. The molecule has 1 saturated heterocycles. The molecule has 2 atom stereocenters. The molecule has 4 heteroatoms. The number of ether oxygens (including phenoxy) is 2. The van der Waals surface area contributed by atoms with Gasteiger partial charge in [0.25, 0.3) is 0 Å². The molecular weight excluding hydrogens is 244 g/mol. The van der Waals surface area contributed by atoms with E-state index in [1.165, 1.54) is 12.2 Å². The van der Waals surface area contributed by atoms with Crippen LogP contribution in [0, 0.1) is 11.3 Å². The molecule has 0 aromatic carbocycles. The molecule has 2 aliphatic carbocycles. The normalized spacial score (nSPS) is 30.9. The van der Waals surface area contributed by atoms with Crippen LogP contribution in [0.1, 0.15) is 6.42 Å². The van der Waals surface area contributed by atoms with Crippen molar-refractivity contribution < 1.29 is 19.1 Å². The Hall–Kier alpha value is -2.10. The van der Waals surface area contributed by atoms with E-state index in [0.717, 1.165) is 0 Å². The highest BCUT2D eigenvalue weighted by atomic mass is 16.6. The molecule has 0 bridgehead atoms. The molecule has 3 rings (SSSR count). The Morgan fingerprint density at radius 1 is 1.32 bits per heavy atom. The second kappa shape index (κ2) is 4.23. The average molecular weight is 258 g/mol. The summed E-state index contributed by atoms with van der Waals surface area (Å²) in [5, 5.41) is 0. The van der Waals surface area contributed by atoms with Crippen LogP contribution in [0.25, 0.3) is 0 Å². The zero-order chi connectivity index (χ0) is 13.5. The summed E-state index contributed by atoms with van der Waals surface area (Å²) in [6.45, 7) is 0. The van der Waals surface area contributed by atoms with Crippen LogP contribution in [0.2, 0.25) is 0 Å². The first kappa shape index (κ1) is 12.0. The third-order valence-electron chi connectivity index (χ3n) is 3.87. The number of rotatable bonds is 1. The molecule has 0 amide bonds. The molecule has 1 heterocycles. The van der Waals surface area contributed by atoms with Crippen molar-refractivity contribution in [2.75, 3.05) is 7.11 Å². The maximum absolute atomic E-state index is 11.9. The first-order valence-corrected chi connectivity index (χ1v) is 6.19. The van der Waals surface area contributed by atoms with E-state index in [0.29, 0.717) is 5.76 Å². The molecule has 1 aliphatic heterocycles. The van der Waals surface area contributed by atoms with Gasteiger partial charge in [0.05, 0.1) is 13.5 Å². The van der Waals surface area contributed by atoms with Gasteiger partial charge in [0.15, 0.2) is 11.9 Å². The van der Waals surface area contributed by atoms with Gasteiger partial charge in [-0.2, -0.15) is 0 Å². The first-order chi connectivity index (χ1) is 9.14. The third-order valence-corrected chi connectivity index (χ3v) is 3.87. The average Bonchev–Trinajstić information content (AvgIpc) is 2.41. The van der Waals surface area contributed by atoms with Gasteiger partial charge in [-0.25, -0.2) is 0 Å². The van der Waals surface area contributed by atoms with Gasteiger partial charge >= 0.3 is 5.97 Å². The molecule has 0 radical (unpaired) electrons. The molecule has 3 aliphatic rings. The zero-order valence-corrected chi connectivity index (χ0v) is 10.5. The maximum atomic E-state index is 11.9. The predicted octanol–water partition coefficient (Wildman–Crippen LogP) is 1.70.